The number of aryl methyl sites for hydroxylation is 2. The summed E-state index contributed by atoms with van der Waals surface area (Å²) in [5.41, 5.74) is 4.86. The lowest BCUT2D eigenvalue weighted by atomic mass is 9.89. The number of carbonyl (C=O) groups is 1. The number of fused-ring (bicyclic) bond motifs is 1. The summed E-state index contributed by atoms with van der Waals surface area (Å²) in [6, 6.07) is 14.1. The molecule has 1 aliphatic carbocycles. The molecule has 1 amide bonds. The van der Waals surface area contributed by atoms with Crippen LogP contribution >= 0.6 is 12.2 Å². The minimum Gasteiger partial charge on any atom is -0.494 e. The lowest BCUT2D eigenvalue weighted by Gasteiger charge is -2.20. The van der Waals surface area contributed by atoms with Crippen LogP contribution in [-0.4, -0.2) is 27.3 Å². The summed E-state index contributed by atoms with van der Waals surface area (Å²) in [5, 5.41) is 10.2. The Bertz CT molecular complexity index is 1120. The van der Waals surface area contributed by atoms with Gasteiger partial charge in [0, 0.05) is 5.56 Å². The monoisotopic (exact) mass is 436 g/mol. The van der Waals surface area contributed by atoms with Crippen LogP contribution < -0.4 is 10.1 Å². The summed E-state index contributed by atoms with van der Waals surface area (Å²) in [6.45, 7) is 4.68. The third kappa shape index (κ3) is 4.88. The highest BCUT2D eigenvalue weighted by Gasteiger charge is 2.17. The van der Waals surface area contributed by atoms with E-state index in [0.717, 1.165) is 29.7 Å². The van der Waals surface area contributed by atoms with E-state index in [2.05, 4.69) is 33.7 Å². The van der Waals surface area contributed by atoms with Crippen LogP contribution in [0, 0.1) is 4.77 Å². The summed E-state index contributed by atoms with van der Waals surface area (Å²) < 4.78 is 7.64. The van der Waals surface area contributed by atoms with Gasteiger partial charge in [0.1, 0.15) is 12.3 Å². The smallest absolute Gasteiger partial charge is 0.240 e. The molecule has 1 aromatic heterocycles. The van der Waals surface area contributed by atoms with E-state index in [1.165, 1.54) is 24.0 Å². The number of hydrogen-bond acceptors (Lipinski definition) is 4. The first-order chi connectivity index (χ1) is 15.0. The SMILES string of the molecule is CCOc1ccc(-c2n[nH]c(=S)n2CC(=O)NC(C)c2ccc3c(c2)CCCC3)cc1. The maximum Gasteiger partial charge on any atom is 0.240 e. The zero-order valence-corrected chi connectivity index (χ0v) is 18.8. The van der Waals surface area contributed by atoms with Crippen molar-refractivity contribution in [1.29, 1.82) is 0 Å². The van der Waals surface area contributed by atoms with Gasteiger partial charge in [-0.15, -0.1) is 0 Å². The van der Waals surface area contributed by atoms with Gasteiger partial charge in [-0.1, -0.05) is 18.2 Å². The molecule has 2 N–H and O–H groups in total. The Morgan fingerprint density at radius 3 is 2.68 bits per heavy atom. The van der Waals surface area contributed by atoms with Gasteiger partial charge >= 0.3 is 0 Å². The van der Waals surface area contributed by atoms with Crippen LogP contribution in [0.3, 0.4) is 0 Å². The minimum absolute atomic E-state index is 0.0743. The number of rotatable bonds is 7. The average Bonchev–Trinajstić information content (AvgIpc) is 3.14. The van der Waals surface area contributed by atoms with Crippen molar-refractivity contribution in [1.82, 2.24) is 20.1 Å². The second-order valence-electron chi connectivity index (χ2n) is 7.92. The van der Waals surface area contributed by atoms with Crippen molar-refractivity contribution in [2.24, 2.45) is 0 Å². The van der Waals surface area contributed by atoms with Gasteiger partial charge in [0.25, 0.3) is 0 Å². The van der Waals surface area contributed by atoms with Crippen molar-refractivity contribution in [2.45, 2.75) is 52.1 Å². The maximum atomic E-state index is 12.8. The van der Waals surface area contributed by atoms with Crippen molar-refractivity contribution in [2.75, 3.05) is 6.61 Å². The molecule has 1 unspecified atom stereocenters. The molecule has 1 heterocycles. The van der Waals surface area contributed by atoms with Crippen LogP contribution in [-0.2, 0) is 24.2 Å². The second kappa shape index (κ2) is 9.47. The first-order valence-electron chi connectivity index (χ1n) is 10.8. The number of nitrogens with zero attached hydrogens (tertiary/aromatic N) is 2. The standard InChI is InChI=1S/C24H28N4O2S/c1-3-30-21-12-10-18(11-13-21)23-26-27-24(31)28(23)15-22(29)25-16(2)19-9-8-17-6-4-5-7-20(17)14-19/h8-14,16H,3-7,15H2,1-2H3,(H,25,29)(H,27,31). The molecule has 1 atom stereocenters. The highest BCUT2D eigenvalue weighted by atomic mass is 32.1. The van der Waals surface area contributed by atoms with E-state index in [-0.39, 0.29) is 18.5 Å². The average molecular weight is 437 g/mol. The Labute approximate surface area is 187 Å². The highest BCUT2D eigenvalue weighted by Crippen LogP contribution is 2.25. The van der Waals surface area contributed by atoms with Gasteiger partial charge < -0.3 is 10.1 Å². The van der Waals surface area contributed by atoms with Crippen molar-refractivity contribution >= 4 is 18.1 Å². The summed E-state index contributed by atoms with van der Waals surface area (Å²) in [5.74, 6) is 1.32. The van der Waals surface area contributed by atoms with Crippen molar-refractivity contribution < 1.29 is 9.53 Å². The molecular formula is C24H28N4O2S. The van der Waals surface area contributed by atoms with Crippen LogP contribution in [0.5, 0.6) is 5.75 Å². The minimum atomic E-state index is -0.102. The van der Waals surface area contributed by atoms with E-state index in [1.54, 1.807) is 4.57 Å². The second-order valence-corrected chi connectivity index (χ2v) is 8.31. The van der Waals surface area contributed by atoms with Gasteiger partial charge in [0.05, 0.1) is 12.6 Å². The molecule has 0 spiro atoms. The van der Waals surface area contributed by atoms with Crippen LogP contribution in [0.4, 0.5) is 0 Å². The predicted octanol–water partition coefficient (Wildman–Crippen LogP) is 4.76. The molecule has 4 rings (SSSR count). The topological polar surface area (TPSA) is 71.9 Å². The lowest BCUT2D eigenvalue weighted by molar-refractivity contribution is -0.122. The Kier molecular flexibility index (Phi) is 6.51. The molecule has 2 aromatic carbocycles. The van der Waals surface area contributed by atoms with Crippen molar-refractivity contribution in [3.63, 3.8) is 0 Å². The van der Waals surface area contributed by atoms with Gasteiger partial charge in [-0.2, -0.15) is 5.10 Å². The van der Waals surface area contributed by atoms with Gasteiger partial charge in [0.2, 0.25) is 5.91 Å². The number of benzene rings is 2. The van der Waals surface area contributed by atoms with E-state index in [0.29, 0.717) is 17.2 Å². The molecule has 1 aliphatic rings. The van der Waals surface area contributed by atoms with E-state index < -0.39 is 0 Å². The zero-order chi connectivity index (χ0) is 21.8. The molecule has 0 radical (unpaired) electrons. The van der Waals surface area contributed by atoms with Gasteiger partial charge in [0.15, 0.2) is 10.6 Å². The summed E-state index contributed by atoms with van der Waals surface area (Å²) >= 11 is 5.37. The maximum absolute atomic E-state index is 12.8. The Morgan fingerprint density at radius 1 is 1.19 bits per heavy atom. The number of carbonyl (C=O) groups excluding carboxylic acids is 1. The summed E-state index contributed by atoms with van der Waals surface area (Å²) in [7, 11) is 0. The summed E-state index contributed by atoms with van der Waals surface area (Å²) in [6.07, 6.45) is 4.79. The van der Waals surface area contributed by atoms with Gasteiger partial charge in [-0.3, -0.25) is 14.5 Å². The fourth-order valence-electron chi connectivity index (χ4n) is 4.09. The lowest BCUT2D eigenvalue weighted by Crippen LogP contribution is -2.30. The number of aromatic nitrogens is 3. The highest BCUT2D eigenvalue weighted by molar-refractivity contribution is 7.71. The number of hydrogen-bond donors (Lipinski definition) is 2. The van der Waals surface area contributed by atoms with Crippen molar-refractivity contribution in [3.8, 4) is 17.1 Å². The fourth-order valence-corrected chi connectivity index (χ4v) is 4.29. The zero-order valence-electron chi connectivity index (χ0n) is 18.0. The number of amides is 1. The molecule has 3 aromatic rings. The third-order valence-electron chi connectivity index (χ3n) is 5.73. The number of ether oxygens (including phenoxy) is 1. The van der Waals surface area contributed by atoms with Crippen molar-refractivity contribution in [3.05, 3.63) is 63.9 Å². The van der Waals surface area contributed by atoms with E-state index >= 15 is 0 Å². The molecule has 0 saturated heterocycles. The molecule has 7 heteroatoms. The Balaban J connectivity index is 1.46. The fraction of sp³-hybridized carbons (Fsp3) is 0.375. The number of aromatic amines is 1. The normalized spacial score (nSPS) is 14.0. The first kappa shape index (κ1) is 21.3. The van der Waals surface area contributed by atoms with E-state index in [9.17, 15) is 4.79 Å². The van der Waals surface area contributed by atoms with Crippen LogP contribution in [0.2, 0.25) is 0 Å². The molecule has 0 aliphatic heterocycles. The predicted molar refractivity (Wildman–Crippen MR) is 124 cm³/mol. The van der Waals surface area contributed by atoms with Gasteiger partial charge in [-0.25, -0.2) is 0 Å². The third-order valence-corrected chi connectivity index (χ3v) is 6.05. The molecule has 6 nitrogen and oxygen atoms in total. The van der Waals surface area contributed by atoms with Gasteiger partial charge in [-0.05, 0) is 92.7 Å². The van der Waals surface area contributed by atoms with E-state index in [1.807, 2.05) is 38.1 Å². The summed E-state index contributed by atoms with van der Waals surface area (Å²) in [4.78, 5) is 12.8. The Hall–Kier alpha value is -2.93. The van der Waals surface area contributed by atoms with E-state index in [4.69, 9.17) is 17.0 Å². The molecule has 0 saturated carbocycles. The Morgan fingerprint density at radius 2 is 1.94 bits per heavy atom. The molecular weight excluding hydrogens is 408 g/mol. The molecule has 162 valence electrons. The molecule has 31 heavy (non-hydrogen) atoms. The largest absolute Gasteiger partial charge is 0.494 e. The number of H-pyrrole nitrogens is 1. The number of nitrogens with one attached hydrogen (secondary N) is 2. The first-order valence-corrected chi connectivity index (χ1v) is 11.3. The molecule has 0 fully saturated rings. The molecule has 0 bridgehead atoms. The van der Waals surface area contributed by atoms with Crippen LogP contribution in [0.15, 0.2) is 42.5 Å². The van der Waals surface area contributed by atoms with Crippen LogP contribution in [0.25, 0.3) is 11.4 Å². The quantitative estimate of drug-likeness (QED) is 0.524. The van der Waals surface area contributed by atoms with Crippen LogP contribution in [0.1, 0.15) is 49.4 Å².